The molecular weight excluding hydrogens is 430 g/mol. The number of benzene rings is 1. The van der Waals surface area contributed by atoms with Crippen LogP contribution >= 0.6 is 11.8 Å². The molecule has 2 aromatic heterocycles. The quantitative estimate of drug-likeness (QED) is 0.409. The van der Waals surface area contributed by atoms with E-state index < -0.39 is 11.2 Å². The minimum atomic E-state index is -0.473. The van der Waals surface area contributed by atoms with Crippen LogP contribution in [0.3, 0.4) is 0 Å². The van der Waals surface area contributed by atoms with E-state index in [-0.39, 0.29) is 23.0 Å². The molecule has 0 aliphatic rings. The number of ether oxygens (including phenoxy) is 1. The number of carbonyl (C=O) groups excluding carboxylic acids is 1. The van der Waals surface area contributed by atoms with Gasteiger partial charge in [-0.1, -0.05) is 25.6 Å². The summed E-state index contributed by atoms with van der Waals surface area (Å²) in [6.45, 7) is 8.56. The molecule has 1 N–H and O–H groups in total. The molecule has 0 aliphatic carbocycles. The van der Waals surface area contributed by atoms with Crippen molar-refractivity contribution in [2.75, 3.05) is 17.7 Å². The predicted molar refractivity (Wildman–Crippen MR) is 126 cm³/mol. The molecular formula is C22H27N5O4S. The van der Waals surface area contributed by atoms with Gasteiger partial charge in [0.05, 0.1) is 12.4 Å². The fourth-order valence-corrected chi connectivity index (χ4v) is 4.07. The van der Waals surface area contributed by atoms with Crippen LogP contribution in [0.1, 0.15) is 26.6 Å². The molecule has 0 bridgehead atoms. The largest absolute Gasteiger partial charge is 0.494 e. The summed E-state index contributed by atoms with van der Waals surface area (Å²) in [7, 11) is 1.44. The molecule has 3 aromatic rings. The minimum Gasteiger partial charge on any atom is -0.494 e. The molecule has 1 aromatic carbocycles. The van der Waals surface area contributed by atoms with E-state index in [0.29, 0.717) is 35.3 Å². The Hall–Kier alpha value is -3.14. The van der Waals surface area contributed by atoms with Gasteiger partial charge in [0, 0.05) is 19.3 Å². The second kappa shape index (κ2) is 9.99. The second-order valence-corrected chi connectivity index (χ2v) is 8.68. The summed E-state index contributed by atoms with van der Waals surface area (Å²) >= 11 is 1.14. The lowest BCUT2D eigenvalue weighted by molar-refractivity contribution is -0.113. The Morgan fingerprint density at radius 3 is 2.50 bits per heavy atom. The van der Waals surface area contributed by atoms with Gasteiger partial charge in [-0.05, 0) is 44.0 Å². The highest BCUT2D eigenvalue weighted by molar-refractivity contribution is 8.00. The van der Waals surface area contributed by atoms with Crippen LogP contribution in [0.2, 0.25) is 0 Å². The number of thioether (sulfide) groups is 1. The van der Waals surface area contributed by atoms with Crippen molar-refractivity contribution in [3.05, 3.63) is 50.9 Å². The lowest BCUT2D eigenvalue weighted by Gasteiger charge is -2.15. The van der Waals surface area contributed by atoms with Gasteiger partial charge in [0.25, 0.3) is 5.56 Å². The van der Waals surface area contributed by atoms with Gasteiger partial charge in [-0.3, -0.25) is 18.7 Å². The van der Waals surface area contributed by atoms with Crippen molar-refractivity contribution < 1.29 is 9.53 Å². The molecule has 3 rings (SSSR count). The van der Waals surface area contributed by atoms with E-state index in [1.54, 1.807) is 31.2 Å². The number of rotatable bonds is 8. The second-order valence-electron chi connectivity index (χ2n) is 7.72. The zero-order valence-electron chi connectivity index (χ0n) is 18.8. The number of nitrogens with one attached hydrogen (secondary N) is 1. The summed E-state index contributed by atoms with van der Waals surface area (Å²) < 4.78 is 7.96. The number of anilines is 1. The molecule has 9 nitrogen and oxygen atoms in total. The molecule has 0 saturated carbocycles. The van der Waals surface area contributed by atoms with Crippen molar-refractivity contribution in [1.82, 2.24) is 19.1 Å². The number of hydrogen-bond acceptors (Lipinski definition) is 7. The van der Waals surface area contributed by atoms with Gasteiger partial charge in [0.2, 0.25) is 5.91 Å². The molecule has 0 fully saturated rings. The molecule has 0 aliphatic heterocycles. The Kier molecular flexibility index (Phi) is 7.34. The minimum absolute atomic E-state index is 0.0469. The van der Waals surface area contributed by atoms with Gasteiger partial charge >= 0.3 is 5.69 Å². The number of hydrogen-bond donors (Lipinski definition) is 1. The Morgan fingerprint density at radius 2 is 1.88 bits per heavy atom. The van der Waals surface area contributed by atoms with Crippen molar-refractivity contribution >= 4 is 34.4 Å². The van der Waals surface area contributed by atoms with Gasteiger partial charge in [-0.25, -0.2) is 14.8 Å². The fourth-order valence-electron chi connectivity index (χ4n) is 3.21. The molecule has 0 unspecified atom stereocenters. The third-order valence-electron chi connectivity index (χ3n) is 4.60. The smallest absolute Gasteiger partial charge is 0.332 e. The monoisotopic (exact) mass is 457 g/mol. The summed E-state index contributed by atoms with van der Waals surface area (Å²) in [5.74, 6) is 1.14. The van der Waals surface area contributed by atoms with Crippen LogP contribution < -0.4 is 21.3 Å². The summed E-state index contributed by atoms with van der Waals surface area (Å²) in [6, 6.07) is 7.09. The molecule has 0 saturated heterocycles. The highest BCUT2D eigenvalue weighted by Gasteiger charge is 2.19. The summed E-state index contributed by atoms with van der Waals surface area (Å²) in [4.78, 5) is 46.8. The first-order valence-corrected chi connectivity index (χ1v) is 11.3. The van der Waals surface area contributed by atoms with E-state index in [9.17, 15) is 14.4 Å². The van der Waals surface area contributed by atoms with Crippen molar-refractivity contribution in [3.63, 3.8) is 0 Å². The fraction of sp³-hybridized carbons (Fsp3) is 0.409. The van der Waals surface area contributed by atoms with Gasteiger partial charge in [-0.2, -0.15) is 0 Å². The van der Waals surface area contributed by atoms with E-state index >= 15 is 0 Å². The Morgan fingerprint density at radius 1 is 1.19 bits per heavy atom. The maximum atomic E-state index is 12.9. The van der Waals surface area contributed by atoms with Crippen molar-refractivity contribution in [3.8, 4) is 5.75 Å². The van der Waals surface area contributed by atoms with Crippen molar-refractivity contribution in [2.24, 2.45) is 13.0 Å². The Labute approximate surface area is 189 Å². The Balaban J connectivity index is 1.88. The van der Waals surface area contributed by atoms with Gasteiger partial charge in [0.1, 0.15) is 22.0 Å². The first-order valence-electron chi connectivity index (χ1n) is 10.3. The van der Waals surface area contributed by atoms with E-state index in [1.165, 1.54) is 11.6 Å². The zero-order chi connectivity index (χ0) is 23.4. The van der Waals surface area contributed by atoms with Crippen LogP contribution in [-0.2, 0) is 18.4 Å². The molecule has 32 heavy (non-hydrogen) atoms. The maximum Gasteiger partial charge on any atom is 0.332 e. The first kappa shape index (κ1) is 23.5. The summed E-state index contributed by atoms with van der Waals surface area (Å²) in [5.41, 5.74) is 0.0519. The topological polar surface area (TPSA) is 108 Å². The van der Waals surface area contributed by atoms with Crippen LogP contribution in [-0.4, -0.2) is 37.4 Å². The molecule has 1 amide bonds. The third kappa shape index (κ3) is 5.18. The lowest BCUT2D eigenvalue weighted by atomic mass is 10.2. The van der Waals surface area contributed by atoms with Crippen molar-refractivity contribution in [1.29, 1.82) is 0 Å². The maximum absolute atomic E-state index is 12.9. The van der Waals surface area contributed by atoms with E-state index in [2.05, 4.69) is 15.3 Å². The lowest BCUT2D eigenvalue weighted by Crippen LogP contribution is -2.39. The molecule has 2 heterocycles. The van der Waals surface area contributed by atoms with E-state index in [0.717, 1.165) is 22.1 Å². The standard InChI is InChI=1S/C22H27N5O4S/c1-6-31-16-9-7-15(8-10-16)25-17(28)12-32-20-18-19(23-14(4)24-20)27(11-13(2)3)22(30)26(5)21(18)29/h7-10,13H,6,11-12H2,1-5H3,(H,25,28). The van der Waals surface area contributed by atoms with Gasteiger partial charge in [-0.15, -0.1) is 0 Å². The Bertz CT molecular complexity index is 1250. The predicted octanol–water partition coefficient (Wildman–Crippen LogP) is 2.58. The number of nitrogens with zero attached hydrogens (tertiary/aromatic N) is 4. The van der Waals surface area contributed by atoms with Crippen LogP contribution in [0.4, 0.5) is 5.69 Å². The zero-order valence-corrected chi connectivity index (χ0v) is 19.7. The third-order valence-corrected chi connectivity index (χ3v) is 5.57. The number of aryl methyl sites for hydroxylation is 1. The molecule has 10 heteroatoms. The average molecular weight is 458 g/mol. The van der Waals surface area contributed by atoms with Crippen molar-refractivity contribution in [2.45, 2.75) is 39.3 Å². The first-order chi connectivity index (χ1) is 15.2. The molecule has 0 radical (unpaired) electrons. The van der Waals surface area contributed by atoms with Crippen LogP contribution in [0.15, 0.2) is 38.9 Å². The highest BCUT2D eigenvalue weighted by Crippen LogP contribution is 2.23. The van der Waals surface area contributed by atoms with E-state index in [1.807, 2.05) is 20.8 Å². The number of aromatic nitrogens is 4. The summed E-state index contributed by atoms with van der Waals surface area (Å²) in [5, 5.41) is 3.45. The molecule has 0 atom stereocenters. The number of carbonyl (C=O) groups is 1. The SMILES string of the molecule is CCOc1ccc(NC(=O)CSc2nc(C)nc3c2c(=O)n(C)c(=O)n3CC(C)C)cc1. The van der Waals surface area contributed by atoms with Crippen LogP contribution in [0.25, 0.3) is 11.0 Å². The van der Waals surface area contributed by atoms with Gasteiger partial charge < -0.3 is 10.1 Å². The highest BCUT2D eigenvalue weighted by atomic mass is 32.2. The number of amides is 1. The molecule has 0 spiro atoms. The summed E-state index contributed by atoms with van der Waals surface area (Å²) in [6.07, 6.45) is 0. The van der Waals surface area contributed by atoms with Crippen LogP contribution in [0, 0.1) is 12.8 Å². The van der Waals surface area contributed by atoms with E-state index in [4.69, 9.17) is 4.74 Å². The number of fused-ring (bicyclic) bond motifs is 1. The van der Waals surface area contributed by atoms with Gasteiger partial charge in [0.15, 0.2) is 5.65 Å². The normalized spacial score (nSPS) is 11.2. The molecule has 170 valence electrons. The van der Waals surface area contributed by atoms with Crippen LogP contribution in [0.5, 0.6) is 5.75 Å². The average Bonchev–Trinajstić information content (AvgIpc) is 2.74.